The van der Waals surface area contributed by atoms with Gasteiger partial charge in [0.1, 0.15) is 17.9 Å². The molecule has 1 saturated heterocycles. The molecular weight excluding hydrogens is 366 g/mol. The van der Waals surface area contributed by atoms with Gasteiger partial charge in [0.05, 0.1) is 12.3 Å². The van der Waals surface area contributed by atoms with Crippen molar-refractivity contribution in [2.45, 2.75) is 25.4 Å². The van der Waals surface area contributed by atoms with Gasteiger partial charge in [-0.3, -0.25) is 14.5 Å². The molecule has 3 aromatic rings. The third-order valence-electron chi connectivity index (χ3n) is 5.18. The van der Waals surface area contributed by atoms with Crippen molar-refractivity contribution >= 4 is 5.96 Å². The fourth-order valence-corrected chi connectivity index (χ4v) is 3.61. The monoisotopic (exact) mass is 393 g/mol. The van der Waals surface area contributed by atoms with Gasteiger partial charge in [-0.25, -0.2) is 9.97 Å². The Labute approximate surface area is 170 Å². The summed E-state index contributed by atoms with van der Waals surface area (Å²) in [6, 6.07) is 8.25. The van der Waals surface area contributed by atoms with Crippen LogP contribution in [0.15, 0.2) is 64.9 Å². The predicted molar refractivity (Wildman–Crippen MR) is 112 cm³/mol. The first-order chi connectivity index (χ1) is 14.3. The summed E-state index contributed by atoms with van der Waals surface area (Å²) in [4.78, 5) is 15.4. The Balaban J connectivity index is 1.32. The van der Waals surface area contributed by atoms with Gasteiger partial charge in [0.2, 0.25) is 0 Å². The summed E-state index contributed by atoms with van der Waals surface area (Å²) in [5, 5.41) is 6.80. The van der Waals surface area contributed by atoms with Crippen LogP contribution in [-0.4, -0.2) is 52.1 Å². The topological polar surface area (TPSA) is 83.5 Å². The standard InChI is InChI=1S/C21H27N7O/c1-22-21(25-14-17-6-7-20(24-13-17)28-11-8-23-16-28)26-15-18(19-5-4-12-29-19)27-9-2-3-10-27/h4-8,11-13,16,18H,2-3,9-10,14-15H2,1H3,(H2,22,25,26). The fourth-order valence-electron chi connectivity index (χ4n) is 3.61. The van der Waals surface area contributed by atoms with Crippen molar-refractivity contribution in [2.24, 2.45) is 4.99 Å². The first-order valence-corrected chi connectivity index (χ1v) is 9.99. The Hall–Kier alpha value is -3.13. The van der Waals surface area contributed by atoms with Crippen molar-refractivity contribution in [1.82, 2.24) is 30.1 Å². The zero-order valence-corrected chi connectivity index (χ0v) is 16.7. The molecule has 8 heteroatoms. The number of hydrogen-bond acceptors (Lipinski definition) is 5. The van der Waals surface area contributed by atoms with Crippen molar-refractivity contribution in [3.63, 3.8) is 0 Å². The number of furan rings is 1. The summed E-state index contributed by atoms with van der Waals surface area (Å²) in [5.74, 6) is 2.61. The second-order valence-corrected chi connectivity index (χ2v) is 7.08. The van der Waals surface area contributed by atoms with Crippen molar-refractivity contribution < 1.29 is 4.42 Å². The highest BCUT2D eigenvalue weighted by Crippen LogP contribution is 2.24. The number of imidazole rings is 1. The van der Waals surface area contributed by atoms with Crippen LogP contribution >= 0.6 is 0 Å². The molecule has 0 aliphatic carbocycles. The molecule has 0 radical (unpaired) electrons. The van der Waals surface area contributed by atoms with Crippen LogP contribution < -0.4 is 10.6 Å². The normalized spacial score (nSPS) is 16.1. The highest BCUT2D eigenvalue weighted by molar-refractivity contribution is 5.79. The molecule has 0 spiro atoms. The van der Waals surface area contributed by atoms with Crippen LogP contribution in [0, 0.1) is 0 Å². The number of nitrogens with one attached hydrogen (secondary N) is 2. The lowest BCUT2D eigenvalue weighted by atomic mass is 10.2. The summed E-state index contributed by atoms with van der Waals surface area (Å²) in [7, 11) is 1.79. The fraction of sp³-hybridized carbons (Fsp3) is 0.381. The maximum Gasteiger partial charge on any atom is 0.191 e. The molecule has 1 unspecified atom stereocenters. The molecule has 3 aromatic heterocycles. The molecule has 1 atom stereocenters. The minimum atomic E-state index is 0.210. The maximum atomic E-state index is 5.69. The zero-order valence-electron chi connectivity index (χ0n) is 16.7. The van der Waals surface area contributed by atoms with Gasteiger partial charge in [0.15, 0.2) is 5.96 Å². The number of rotatable bonds is 7. The molecule has 0 saturated carbocycles. The second kappa shape index (κ2) is 9.38. The number of aliphatic imine (C=N–C) groups is 1. The Morgan fingerprint density at radius 2 is 2.14 bits per heavy atom. The number of nitrogens with zero attached hydrogens (tertiary/aromatic N) is 5. The molecular formula is C21H27N7O. The Morgan fingerprint density at radius 3 is 2.79 bits per heavy atom. The Bertz CT molecular complexity index is 882. The molecule has 8 nitrogen and oxygen atoms in total. The lowest BCUT2D eigenvalue weighted by Gasteiger charge is -2.26. The molecule has 4 rings (SSSR count). The third kappa shape index (κ3) is 4.83. The van der Waals surface area contributed by atoms with Gasteiger partial charge in [0, 0.05) is 38.7 Å². The lowest BCUT2D eigenvalue weighted by Crippen LogP contribution is -2.42. The van der Waals surface area contributed by atoms with E-state index in [0.29, 0.717) is 6.54 Å². The van der Waals surface area contributed by atoms with Crippen LogP contribution in [-0.2, 0) is 6.54 Å². The van der Waals surface area contributed by atoms with Crippen LogP contribution in [0.5, 0.6) is 0 Å². The van der Waals surface area contributed by atoms with Gasteiger partial charge < -0.3 is 15.1 Å². The molecule has 0 aromatic carbocycles. The van der Waals surface area contributed by atoms with E-state index < -0.39 is 0 Å². The molecule has 0 amide bonds. The zero-order chi connectivity index (χ0) is 19.9. The van der Waals surface area contributed by atoms with Crippen molar-refractivity contribution in [3.05, 3.63) is 66.8 Å². The highest BCUT2D eigenvalue weighted by atomic mass is 16.3. The highest BCUT2D eigenvalue weighted by Gasteiger charge is 2.25. The smallest absolute Gasteiger partial charge is 0.191 e. The van der Waals surface area contributed by atoms with Gasteiger partial charge in [-0.05, 0) is 49.7 Å². The molecule has 2 N–H and O–H groups in total. The van der Waals surface area contributed by atoms with Gasteiger partial charge in [0.25, 0.3) is 0 Å². The van der Waals surface area contributed by atoms with E-state index in [2.05, 4.69) is 36.6 Å². The summed E-state index contributed by atoms with van der Waals surface area (Å²) in [6.45, 7) is 3.60. The van der Waals surface area contributed by atoms with E-state index in [-0.39, 0.29) is 6.04 Å². The number of aromatic nitrogens is 3. The lowest BCUT2D eigenvalue weighted by molar-refractivity contribution is 0.215. The SMILES string of the molecule is CN=C(NCc1ccc(-n2ccnc2)nc1)NCC(c1ccco1)N1CCCC1. The Kier molecular flexibility index (Phi) is 6.21. The van der Waals surface area contributed by atoms with E-state index in [4.69, 9.17) is 4.42 Å². The molecule has 29 heavy (non-hydrogen) atoms. The molecule has 152 valence electrons. The summed E-state index contributed by atoms with van der Waals surface area (Å²) < 4.78 is 7.57. The molecule has 4 heterocycles. The minimum Gasteiger partial charge on any atom is -0.468 e. The van der Waals surface area contributed by atoms with Crippen LogP contribution in [0.25, 0.3) is 5.82 Å². The quantitative estimate of drug-likeness (QED) is 0.474. The van der Waals surface area contributed by atoms with E-state index in [0.717, 1.165) is 42.7 Å². The van der Waals surface area contributed by atoms with Gasteiger partial charge in [-0.1, -0.05) is 6.07 Å². The van der Waals surface area contributed by atoms with Crippen molar-refractivity contribution in [2.75, 3.05) is 26.7 Å². The van der Waals surface area contributed by atoms with E-state index in [1.165, 1.54) is 12.8 Å². The molecule has 0 bridgehead atoms. The van der Waals surface area contributed by atoms with Crippen LogP contribution in [0.1, 0.15) is 30.2 Å². The maximum absolute atomic E-state index is 5.69. The molecule has 1 aliphatic rings. The predicted octanol–water partition coefficient (Wildman–Crippen LogP) is 2.36. The number of guanidine groups is 1. The summed E-state index contributed by atoms with van der Waals surface area (Å²) in [6.07, 6.45) is 11.4. The second-order valence-electron chi connectivity index (χ2n) is 7.08. The van der Waals surface area contributed by atoms with E-state index in [1.807, 2.05) is 35.2 Å². The average Bonchev–Trinajstić information content (AvgIpc) is 3.54. The number of hydrogen-bond donors (Lipinski definition) is 2. The van der Waals surface area contributed by atoms with Gasteiger partial charge in [-0.2, -0.15) is 0 Å². The summed E-state index contributed by atoms with van der Waals surface area (Å²) in [5.41, 5.74) is 1.08. The molecule has 1 aliphatic heterocycles. The first-order valence-electron chi connectivity index (χ1n) is 9.99. The summed E-state index contributed by atoms with van der Waals surface area (Å²) >= 11 is 0. The van der Waals surface area contributed by atoms with Crippen LogP contribution in [0.4, 0.5) is 0 Å². The van der Waals surface area contributed by atoms with E-state index in [1.54, 1.807) is 25.8 Å². The third-order valence-corrected chi connectivity index (χ3v) is 5.18. The Morgan fingerprint density at radius 1 is 1.24 bits per heavy atom. The minimum absolute atomic E-state index is 0.210. The van der Waals surface area contributed by atoms with Crippen molar-refractivity contribution in [3.8, 4) is 5.82 Å². The van der Waals surface area contributed by atoms with Crippen molar-refractivity contribution in [1.29, 1.82) is 0 Å². The van der Waals surface area contributed by atoms with Gasteiger partial charge in [-0.15, -0.1) is 0 Å². The number of pyridine rings is 1. The molecule has 1 fully saturated rings. The largest absolute Gasteiger partial charge is 0.468 e. The van der Waals surface area contributed by atoms with Crippen LogP contribution in [0.3, 0.4) is 0 Å². The van der Waals surface area contributed by atoms with Gasteiger partial charge >= 0.3 is 0 Å². The first kappa shape index (κ1) is 19.2. The number of likely N-dealkylation sites (tertiary alicyclic amines) is 1. The van der Waals surface area contributed by atoms with Crippen LogP contribution in [0.2, 0.25) is 0 Å². The van der Waals surface area contributed by atoms with E-state index >= 15 is 0 Å². The average molecular weight is 393 g/mol. The van der Waals surface area contributed by atoms with E-state index in [9.17, 15) is 0 Å².